The molecule has 0 radical (unpaired) electrons. The lowest BCUT2D eigenvalue weighted by atomic mass is 9.96. The van der Waals surface area contributed by atoms with Gasteiger partial charge in [-0.05, 0) is 24.1 Å². The van der Waals surface area contributed by atoms with Crippen molar-refractivity contribution in [2.24, 2.45) is 0 Å². The number of ketones is 1. The average Bonchev–Trinajstić information content (AvgIpc) is 2.28. The zero-order chi connectivity index (χ0) is 10.8. The Morgan fingerprint density at radius 3 is 3.00 bits per heavy atom. The van der Waals surface area contributed by atoms with Gasteiger partial charge in [-0.1, -0.05) is 18.7 Å². The van der Waals surface area contributed by atoms with E-state index < -0.39 is 0 Å². The molecule has 1 aliphatic heterocycles. The summed E-state index contributed by atoms with van der Waals surface area (Å²) >= 11 is 0. The second-order valence-electron chi connectivity index (χ2n) is 3.45. The van der Waals surface area contributed by atoms with Crippen molar-refractivity contribution < 1.29 is 9.59 Å². The van der Waals surface area contributed by atoms with E-state index in [2.05, 4.69) is 11.9 Å². The molecule has 0 aliphatic carbocycles. The number of amides is 1. The van der Waals surface area contributed by atoms with Gasteiger partial charge in [-0.25, -0.2) is 0 Å². The van der Waals surface area contributed by atoms with E-state index in [9.17, 15) is 9.59 Å². The molecule has 0 bridgehead atoms. The van der Waals surface area contributed by atoms with Crippen molar-refractivity contribution in [3.8, 4) is 0 Å². The summed E-state index contributed by atoms with van der Waals surface area (Å²) in [7, 11) is 0. The molecule has 0 unspecified atom stereocenters. The summed E-state index contributed by atoms with van der Waals surface area (Å²) in [5, 5.41) is 2.75. The van der Waals surface area contributed by atoms with Crippen LogP contribution in [0.3, 0.4) is 0 Å². The Labute approximate surface area is 87.8 Å². The van der Waals surface area contributed by atoms with Crippen molar-refractivity contribution in [3.05, 3.63) is 47.5 Å². The highest BCUT2D eigenvalue weighted by atomic mass is 16.1. The smallest absolute Gasteiger partial charge is 0.251 e. The molecule has 76 valence electrons. The molecular weight excluding hydrogens is 190 g/mol. The number of rotatable bonds is 2. The van der Waals surface area contributed by atoms with Crippen molar-refractivity contribution in [2.45, 2.75) is 6.42 Å². The molecule has 0 atom stereocenters. The predicted octanol–water partition coefficient (Wildman–Crippen LogP) is 1.34. The van der Waals surface area contributed by atoms with Gasteiger partial charge in [0.1, 0.15) is 0 Å². The van der Waals surface area contributed by atoms with E-state index in [-0.39, 0.29) is 11.7 Å². The number of benzene rings is 1. The monoisotopic (exact) mass is 201 g/mol. The first kappa shape index (κ1) is 9.65. The summed E-state index contributed by atoms with van der Waals surface area (Å²) in [6.45, 7) is 4.09. The van der Waals surface area contributed by atoms with E-state index in [1.54, 1.807) is 12.1 Å². The molecule has 0 saturated carbocycles. The molecular formula is C12H11NO2. The molecule has 1 aliphatic rings. The van der Waals surface area contributed by atoms with E-state index in [1.165, 1.54) is 6.08 Å². The number of fused-ring (bicyclic) bond motifs is 1. The van der Waals surface area contributed by atoms with E-state index in [0.717, 1.165) is 12.0 Å². The van der Waals surface area contributed by atoms with Crippen LogP contribution in [-0.4, -0.2) is 18.2 Å². The van der Waals surface area contributed by atoms with E-state index in [1.807, 2.05) is 6.07 Å². The van der Waals surface area contributed by atoms with Gasteiger partial charge in [-0.3, -0.25) is 9.59 Å². The molecule has 0 aromatic heterocycles. The highest BCUT2D eigenvalue weighted by molar-refractivity contribution is 6.06. The molecule has 15 heavy (non-hydrogen) atoms. The van der Waals surface area contributed by atoms with Crippen molar-refractivity contribution in [1.29, 1.82) is 0 Å². The summed E-state index contributed by atoms with van der Waals surface area (Å²) in [5.74, 6) is -0.258. The van der Waals surface area contributed by atoms with Crippen LogP contribution in [0.1, 0.15) is 26.3 Å². The standard InChI is InChI=1S/C12H11NO2/c1-2-11(14)9-4-3-8-5-6-13-12(15)10(8)7-9/h2-4,7H,1,5-6H2,(H,13,15). The van der Waals surface area contributed by atoms with Crippen molar-refractivity contribution in [2.75, 3.05) is 6.54 Å². The maximum absolute atomic E-state index is 11.5. The van der Waals surface area contributed by atoms with Crippen molar-refractivity contribution >= 4 is 11.7 Å². The number of allylic oxidation sites excluding steroid dienone is 1. The van der Waals surface area contributed by atoms with E-state index >= 15 is 0 Å². The fraction of sp³-hybridized carbons (Fsp3) is 0.167. The first-order chi connectivity index (χ1) is 7.22. The maximum atomic E-state index is 11.5. The van der Waals surface area contributed by atoms with Crippen LogP contribution in [0.15, 0.2) is 30.9 Å². The molecule has 2 rings (SSSR count). The summed E-state index contributed by atoms with van der Waals surface area (Å²) in [6, 6.07) is 5.21. The SMILES string of the molecule is C=CC(=O)c1ccc2c(c1)C(=O)NCC2. The minimum Gasteiger partial charge on any atom is -0.352 e. The fourth-order valence-corrected chi connectivity index (χ4v) is 1.68. The predicted molar refractivity (Wildman–Crippen MR) is 57.0 cm³/mol. The van der Waals surface area contributed by atoms with Gasteiger partial charge < -0.3 is 5.32 Å². The van der Waals surface area contributed by atoms with Crippen molar-refractivity contribution in [1.82, 2.24) is 5.32 Å². The second-order valence-corrected chi connectivity index (χ2v) is 3.45. The Balaban J connectivity index is 2.48. The van der Waals surface area contributed by atoms with Gasteiger partial charge in [-0.15, -0.1) is 0 Å². The Hall–Kier alpha value is -1.90. The Bertz CT molecular complexity index is 449. The zero-order valence-corrected chi connectivity index (χ0v) is 8.25. The first-order valence-electron chi connectivity index (χ1n) is 4.80. The van der Waals surface area contributed by atoms with Gasteiger partial charge in [0.05, 0.1) is 0 Å². The highest BCUT2D eigenvalue weighted by Gasteiger charge is 2.17. The zero-order valence-electron chi connectivity index (χ0n) is 8.25. The van der Waals surface area contributed by atoms with Crippen LogP contribution in [0.25, 0.3) is 0 Å². The number of nitrogens with one attached hydrogen (secondary N) is 1. The third kappa shape index (κ3) is 1.68. The quantitative estimate of drug-likeness (QED) is 0.579. The number of carbonyl (C=O) groups excluding carboxylic acids is 2. The Morgan fingerprint density at radius 1 is 1.47 bits per heavy atom. The lowest BCUT2D eigenvalue weighted by Gasteiger charge is -2.16. The van der Waals surface area contributed by atoms with Crippen LogP contribution in [0.5, 0.6) is 0 Å². The normalized spacial score (nSPS) is 14.0. The highest BCUT2D eigenvalue weighted by Crippen LogP contribution is 2.16. The third-order valence-electron chi connectivity index (χ3n) is 2.50. The maximum Gasteiger partial charge on any atom is 0.251 e. The largest absolute Gasteiger partial charge is 0.352 e. The molecule has 3 heteroatoms. The average molecular weight is 201 g/mol. The van der Waals surface area contributed by atoms with Crippen LogP contribution in [0.4, 0.5) is 0 Å². The molecule has 0 fully saturated rings. The van der Waals surface area contributed by atoms with Gasteiger partial charge in [0.2, 0.25) is 0 Å². The van der Waals surface area contributed by atoms with E-state index in [4.69, 9.17) is 0 Å². The molecule has 1 amide bonds. The molecule has 1 aromatic carbocycles. The summed E-state index contributed by atoms with van der Waals surface area (Å²) < 4.78 is 0. The summed E-state index contributed by atoms with van der Waals surface area (Å²) in [4.78, 5) is 22.9. The van der Waals surface area contributed by atoms with Crippen LogP contribution in [0.2, 0.25) is 0 Å². The van der Waals surface area contributed by atoms with E-state index in [0.29, 0.717) is 17.7 Å². The number of hydrogen-bond donors (Lipinski definition) is 1. The van der Waals surface area contributed by atoms with Crippen molar-refractivity contribution in [3.63, 3.8) is 0 Å². The second kappa shape index (κ2) is 3.69. The molecule has 0 saturated heterocycles. The molecule has 0 spiro atoms. The molecule has 1 aromatic rings. The Morgan fingerprint density at radius 2 is 2.27 bits per heavy atom. The van der Waals surface area contributed by atoms with Gasteiger partial charge in [0.25, 0.3) is 5.91 Å². The lowest BCUT2D eigenvalue weighted by molar-refractivity contribution is 0.0946. The summed E-state index contributed by atoms with van der Waals surface area (Å²) in [5.41, 5.74) is 2.12. The summed E-state index contributed by atoms with van der Waals surface area (Å²) in [6.07, 6.45) is 2.08. The minimum atomic E-state index is -0.156. The van der Waals surface area contributed by atoms with Crippen LogP contribution in [-0.2, 0) is 6.42 Å². The van der Waals surface area contributed by atoms with Crippen LogP contribution < -0.4 is 5.32 Å². The third-order valence-corrected chi connectivity index (χ3v) is 2.50. The molecule has 1 heterocycles. The van der Waals surface area contributed by atoms with Gasteiger partial charge in [-0.2, -0.15) is 0 Å². The van der Waals surface area contributed by atoms with Gasteiger partial charge >= 0.3 is 0 Å². The fourth-order valence-electron chi connectivity index (χ4n) is 1.68. The number of hydrogen-bond acceptors (Lipinski definition) is 2. The van der Waals surface area contributed by atoms with Crippen LogP contribution in [0, 0.1) is 0 Å². The van der Waals surface area contributed by atoms with Crippen LogP contribution >= 0.6 is 0 Å². The first-order valence-corrected chi connectivity index (χ1v) is 4.80. The minimum absolute atomic E-state index is 0.102. The Kier molecular flexibility index (Phi) is 2.37. The van der Waals surface area contributed by atoms with Gasteiger partial charge in [0, 0.05) is 17.7 Å². The molecule has 3 nitrogen and oxygen atoms in total. The van der Waals surface area contributed by atoms with Gasteiger partial charge in [0.15, 0.2) is 5.78 Å². The lowest BCUT2D eigenvalue weighted by Crippen LogP contribution is -2.31. The number of carbonyl (C=O) groups is 2. The topological polar surface area (TPSA) is 46.2 Å². The molecule has 1 N–H and O–H groups in total.